The third-order valence-electron chi connectivity index (χ3n) is 9.31. The molecular weight excluding hydrogens is 528 g/mol. The van der Waals surface area contributed by atoms with Gasteiger partial charge in [-0.3, -0.25) is 0 Å². The summed E-state index contributed by atoms with van der Waals surface area (Å²) in [5.74, 6) is 7.40. The molecule has 5 aliphatic rings. The van der Waals surface area contributed by atoms with Gasteiger partial charge in [-0.1, -0.05) is 69.6 Å². The molecule has 40 heavy (non-hydrogen) atoms. The van der Waals surface area contributed by atoms with E-state index in [0.29, 0.717) is 23.7 Å². The van der Waals surface area contributed by atoms with E-state index in [1.165, 1.54) is 137 Å². The van der Waals surface area contributed by atoms with E-state index in [2.05, 4.69) is 42.5 Å². The first kappa shape index (κ1) is 29.5. The summed E-state index contributed by atoms with van der Waals surface area (Å²) in [7, 11) is -4.94. The van der Waals surface area contributed by atoms with Gasteiger partial charge >= 0.3 is 11.5 Å². The Hall–Kier alpha value is -1.96. The van der Waals surface area contributed by atoms with Crippen LogP contribution in [0.3, 0.4) is 0 Å². The number of hydrogen-bond donors (Lipinski definition) is 0. The zero-order valence-corrected chi connectivity index (χ0v) is 24.2. The summed E-state index contributed by atoms with van der Waals surface area (Å²) in [5.41, 5.74) is 2.62. The van der Waals surface area contributed by atoms with E-state index in [4.69, 9.17) is 27.8 Å². The summed E-state index contributed by atoms with van der Waals surface area (Å²) < 4.78 is 47.1. The molecule has 0 unspecified atom stereocenters. The second-order valence-corrected chi connectivity index (χ2v) is 13.0. The number of ether oxygens (including phenoxy) is 1. The molecule has 1 aromatic rings. The Kier molecular flexibility index (Phi) is 10.2. The fourth-order valence-corrected chi connectivity index (χ4v) is 7.24. The van der Waals surface area contributed by atoms with Gasteiger partial charge in [0.15, 0.2) is 0 Å². The molecule has 0 saturated heterocycles. The van der Waals surface area contributed by atoms with E-state index in [-0.39, 0.29) is 0 Å². The van der Waals surface area contributed by atoms with Gasteiger partial charge in [-0.25, -0.2) is 23.1 Å². The lowest BCUT2D eigenvalue weighted by Crippen LogP contribution is -2.68. The molecule has 2 heterocycles. The summed E-state index contributed by atoms with van der Waals surface area (Å²) in [4.78, 5) is 0. The molecule has 0 N–H and O–H groups in total. The predicted molar refractivity (Wildman–Crippen MR) is 144 cm³/mol. The third kappa shape index (κ3) is 8.53. The SMILES string of the molecule is C(/C=C/c1cc(C2CCCC2)[o+]c(C2CCCC2)c1)=C1C=C(C2CCCC2)OC(C2CCCC2)=C1.[O-][Cl+3]([O-])([O-])[O-]. The van der Waals surface area contributed by atoms with Crippen LogP contribution in [0.15, 0.2) is 57.9 Å². The quantitative estimate of drug-likeness (QED) is 0.432. The van der Waals surface area contributed by atoms with Gasteiger partial charge in [0.25, 0.3) is 0 Å². The van der Waals surface area contributed by atoms with E-state index in [1.54, 1.807) is 0 Å². The topological polar surface area (TPSA) is 113 Å². The lowest BCUT2D eigenvalue weighted by atomic mass is 9.96. The van der Waals surface area contributed by atoms with E-state index in [0.717, 1.165) is 0 Å². The van der Waals surface area contributed by atoms with Crippen molar-refractivity contribution in [3.63, 3.8) is 0 Å². The van der Waals surface area contributed by atoms with Gasteiger partial charge in [-0.05, 0) is 74.7 Å². The second-order valence-electron chi connectivity index (χ2n) is 12.2. The maximum atomic E-state index is 8.49. The Morgan fingerprint density at radius 3 is 1.40 bits per heavy atom. The lowest BCUT2D eigenvalue weighted by molar-refractivity contribution is -2.00. The first-order valence-electron chi connectivity index (χ1n) is 15.4. The molecule has 0 amide bonds. The van der Waals surface area contributed by atoms with Crippen LogP contribution in [0.4, 0.5) is 0 Å². The Morgan fingerprint density at radius 2 is 1.00 bits per heavy atom. The fraction of sp³-hybridized carbons (Fsp3) is 0.606. The van der Waals surface area contributed by atoms with E-state index >= 15 is 0 Å². The minimum atomic E-state index is -4.94. The number of halogens is 1. The second kappa shape index (κ2) is 13.8. The molecule has 1 aliphatic heterocycles. The molecule has 0 aromatic carbocycles. The molecule has 0 spiro atoms. The van der Waals surface area contributed by atoms with Crippen molar-refractivity contribution in [1.82, 2.24) is 0 Å². The van der Waals surface area contributed by atoms with Crippen molar-refractivity contribution in [3.8, 4) is 0 Å². The minimum Gasteiger partial charge on any atom is -0.465 e. The Balaban J connectivity index is 0.000000595. The standard InChI is InChI=1S/C33H43O2.ClHO4/c1-2-13-26(12-1)30-20-24(21-31(34-30)27-14-3-4-15-27)10-9-11-25-22-32(28-16-5-6-17-28)35-33(23-25)29-18-7-8-19-29;2-1(3,4)5/h9-11,20-23,26-29H,1-8,12-19H2;(H,2,3,4,5)/q+1;/p-1. The van der Waals surface area contributed by atoms with Crippen LogP contribution in [0.2, 0.25) is 0 Å². The highest BCUT2D eigenvalue weighted by Crippen LogP contribution is 2.41. The monoisotopic (exact) mass is 570 g/mol. The first-order chi connectivity index (χ1) is 19.3. The van der Waals surface area contributed by atoms with Gasteiger partial charge in [0, 0.05) is 24.0 Å². The Labute approximate surface area is 240 Å². The molecule has 4 fully saturated rings. The van der Waals surface area contributed by atoms with Crippen LogP contribution in [0.25, 0.3) is 6.08 Å². The summed E-state index contributed by atoms with van der Waals surface area (Å²) in [5, 5.41) is 0. The van der Waals surface area contributed by atoms with Gasteiger partial charge in [-0.15, -0.1) is 10.2 Å². The Morgan fingerprint density at radius 1 is 0.625 bits per heavy atom. The van der Waals surface area contributed by atoms with Crippen molar-refractivity contribution in [3.05, 3.63) is 70.6 Å². The highest BCUT2D eigenvalue weighted by Gasteiger charge is 2.33. The molecule has 7 heteroatoms. The number of hydrogen-bond acceptors (Lipinski definition) is 5. The zero-order chi connectivity index (χ0) is 28.0. The fourth-order valence-electron chi connectivity index (χ4n) is 7.24. The minimum absolute atomic E-state index is 0.617. The summed E-state index contributed by atoms with van der Waals surface area (Å²) in [6, 6.07) is 4.65. The number of allylic oxidation sites excluding steroid dienone is 7. The predicted octanol–water partition coefficient (Wildman–Crippen LogP) is 5.24. The van der Waals surface area contributed by atoms with Crippen molar-refractivity contribution < 1.29 is 38.0 Å². The molecule has 0 radical (unpaired) electrons. The highest BCUT2D eigenvalue weighted by molar-refractivity contribution is 5.54. The molecule has 6 rings (SSSR count). The van der Waals surface area contributed by atoms with Gasteiger partial charge in [0.1, 0.15) is 11.5 Å². The van der Waals surface area contributed by atoms with E-state index < -0.39 is 10.2 Å². The average molecular weight is 571 g/mol. The molecule has 4 aliphatic carbocycles. The largest absolute Gasteiger partial charge is 0.465 e. The van der Waals surface area contributed by atoms with Gasteiger partial charge in [-0.2, -0.15) is 0 Å². The summed E-state index contributed by atoms with van der Waals surface area (Å²) in [6.45, 7) is 0. The van der Waals surface area contributed by atoms with Crippen molar-refractivity contribution in [2.24, 2.45) is 11.8 Å². The molecule has 1 aromatic heterocycles. The van der Waals surface area contributed by atoms with Crippen LogP contribution >= 0.6 is 0 Å². The lowest BCUT2D eigenvalue weighted by Gasteiger charge is -2.25. The van der Waals surface area contributed by atoms with Crippen LogP contribution in [0.5, 0.6) is 0 Å². The summed E-state index contributed by atoms with van der Waals surface area (Å²) >= 11 is 0. The molecule has 218 valence electrons. The molecule has 0 bridgehead atoms. The van der Waals surface area contributed by atoms with Crippen LogP contribution < -0.4 is 18.6 Å². The van der Waals surface area contributed by atoms with Gasteiger partial charge < -0.3 is 4.74 Å². The zero-order valence-electron chi connectivity index (χ0n) is 23.5. The van der Waals surface area contributed by atoms with Crippen molar-refractivity contribution in [2.45, 2.75) is 115 Å². The van der Waals surface area contributed by atoms with Crippen LogP contribution in [-0.4, -0.2) is 0 Å². The normalized spacial score (nSPS) is 23.4. The highest BCUT2D eigenvalue weighted by atomic mass is 35.7. The maximum absolute atomic E-state index is 8.49. The molecular formula is C33H43ClO6. The molecule has 0 atom stereocenters. The van der Waals surface area contributed by atoms with Crippen molar-refractivity contribution in [1.29, 1.82) is 0 Å². The van der Waals surface area contributed by atoms with E-state index in [1.807, 2.05) is 0 Å². The van der Waals surface area contributed by atoms with Crippen molar-refractivity contribution in [2.75, 3.05) is 0 Å². The van der Waals surface area contributed by atoms with Crippen LogP contribution in [0.1, 0.15) is 132 Å². The van der Waals surface area contributed by atoms with Gasteiger partial charge in [0.2, 0.25) is 0 Å². The number of rotatable bonds is 6. The maximum Gasteiger partial charge on any atom is 0.333 e. The van der Waals surface area contributed by atoms with Crippen LogP contribution in [-0.2, 0) is 4.74 Å². The van der Waals surface area contributed by atoms with Gasteiger partial charge in [0.05, 0.1) is 11.8 Å². The van der Waals surface area contributed by atoms with Crippen LogP contribution in [0, 0.1) is 22.1 Å². The molecule has 4 saturated carbocycles. The molecule has 6 nitrogen and oxygen atoms in total. The van der Waals surface area contributed by atoms with Crippen molar-refractivity contribution >= 4 is 6.08 Å². The smallest absolute Gasteiger partial charge is 0.333 e. The Bertz CT molecular complexity index is 1030. The van der Waals surface area contributed by atoms with E-state index in [9.17, 15) is 0 Å². The third-order valence-corrected chi connectivity index (χ3v) is 9.31. The first-order valence-corrected chi connectivity index (χ1v) is 16.6. The average Bonchev–Trinajstić information content (AvgIpc) is 3.76. The summed E-state index contributed by atoms with van der Waals surface area (Å²) in [6.07, 6.45) is 32.6.